The summed E-state index contributed by atoms with van der Waals surface area (Å²) in [6.45, 7) is 5.57. The molecule has 3 heterocycles. The van der Waals surface area contributed by atoms with Crippen molar-refractivity contribution >= 4 is 0 Å². The lowest BCUT2D eigenvalue weighted by Crippen LogP contribution is -2.13. The minimum atomic E-state index is 0.0454. The summed E-state index contributed by atoms with van der Waals surface area (Å²) >= 11 is 0. The maximum absolute atomic E-state index is 5.76. The molecular formula is C13H19N5O2. The van der Waals surface area contributed by atoms with Gasteiger partial charge in [-0.2, -0.15) is 0 Å². The van der Waals surface area contributed by atoms with Gasteiger partial charge in [0, 0.05) is 18.7 Å². The molecule has 2 N–H and O–H groups in total. The van der Waals surface area contributed by atoms with Gasteiger partial charge in [-0.05, 0) is 26.7 Å². The lowest BCUT2D eigenvalue weighted by Gasteiger charge is -2.13. The minimum absolute atomic E-state index is 0.0454. The molecule has 20 heavy (non-hydrogen) atoms. The molecule has 0 bridgehead atoms. The van der Waals surface area contributed by atoms with Gasteiger partial charge in [0.05, 0.1) is 17.9 Å². The number of hydrogen-bond acceptors (Lipinski definition) is 6. The van der Waals surface area contributed by atoms with E-state index in [2.05, 4.69) is 15.5 Å². The summed E-state index contributed by atoms with van der Waals surface area (Å²) in [6.07, 6.45) is 2.09. The second kappa shape index (κ2) is 5.34. The fourth-order valence-electron chi connectivity index (χ4n) is 2.64. The van der Waals surface area contributed by atoms with Crippen molar-refractivity contribution in [3.63, 3.8) is 0 Å². The highest BCUT2D eigenvalue weighted by molar-refractivity contribution is 5.23. The van der Waals surface area contributed by atoms with Crippen molar-refractivity contribution in [1.29, 1.82) is 0 Å². The van der Waals surface area contributed by atoms with Crippen molar-refractivity contribution in [1.82, 2.24) is 20.2 Å². The smallest absolute Gasteiger partial charge is 0.138 e. The van der Waals surface area contributed by atoms with Crippen LogP contribution in [0.25, 0.3) is 0 Å². The summed E-state index contributed by atoms with van der Waals surface area (Å²) in [5.41, 5.74) is 9.48. The first-order chi connectivity index (χ1) is 9.70. The summed E-state index contributed by atoms with van der Waals surface area (Å²) < 4.78 is 12.8. The highest BCUT2D eigenvalue weighted by Gasteiger charge is 2.26. The molecule has 1 aliphatic heterocycles. The number of nitrogens with two attached hydrogens (primary N) is 1. The van der Waals surface area contributed by atoms with E-state index in [1.165, 1.54) is 0 Å². The molecule has 0 aliphatic carbocycles. The third kappa shape index (κ3) is 2.23. The van der Waals surface area contributed by atoms with E-state index in [4.69, 9.17) is 15.0 Å². The van der Waals surface area contributed by atoms with Crippen LogP contribution >= 0.6 is 0 Å². The Morgan fingerprint density at radius 2 is 2.25 bits per heavy atom. The largest absolute Gasteiger partial charge is 0.372 e. The van der Waals surface area contributed by atoms with Crippen LogP contribution in [0.15, 0.2) is 4.52 Å². The molecular weight excluding hydrogens is 258 g/mol. The molecule has 1 aliphatic rings. The van der Waals surface area contributed by atoms with Crippen LogP contribution < -0.4 is 5.73 Å². The highest BCUT2D eigenvalue weighted by Crippen LogP contribution is 2.30. The van der Waals surface area contributed by atoms with Crippen molar-refractivity contribution in [3.8, 4) is 0 Å². The average molecular weight is 277 g/mol. The summed E-state index contributed by atoms with van der Waals surface area (Å²) in [5, 5.41) is 12.4. The van der Waals surface area contributed by atoms with Crippen molar-refractivity contribution < 1.29 is 9.26 Å². The standard InChI is InChI=1S/C13H19N5O2/c1-8-10(9(2)20-16-8)7-18-13(11(6-14)15-17-18)12-4-3-5-19-12/h12H,3-7,14H2,1-2H3. The van der Waals surface area contributed by atoms with Crippen LogP contribution in [0.2, 0.25) is 0 Å². The molecule has 1 saturated heterocycles. The van der Waals surface area contributed by atoms with Gasteiger partial charge in [0.2, 0.25) is 0 Å². The van der Waals surface area contributed by atoms with E-state index in [0.29, 0.717) is 13.1 Å². The van der Waals surface area contributed by atoms with Crippen molar-refractivity contribution in [2.24, 2.45) is 5.73 Å². The Balaban J connectivity index is 1.95. The van der Waals surface area contributed by atoms with E-state index in [1.807, 2.05) is 18.5 Å². The number of aryl methyl sites for hydroxylation is 2. The Kier molecular flexibility index (Phi) is 3.54. The monoisotopic (exact) mass is 277 g/mol. The third-order valence-corrected chi connectivity index (χ3v) is 3.76. The minimum Gasteiger partial charge on any atom is -0.372 e. The Morgan fingerprint density at radius 1 is 1.40 bits per heavy atom. The number of ether oxygens (including phenoxy) is 1. The normalized spacial score (nSPS) is 18.9. The van der Waals surface area contributed by atoms with E-state index in [1.54, 1.807) is 0 Å². The van der Waals surface area contributed by atoms with Gasteiger partial charge in [0.25, 0.3) is 0 Å². The highest BCUT2D eigenvalue weighted by atomic mass is 16.5. The van der Waals surface area contributed by atoms with E-state index >= 15 is 0 Å². The summed E-state index contributed by atoms with van der Waals surface area (Å²) in [4.78, 5) is 0. The molecule has 1 fully saturated rings. The number of nitrogens with zero attached hydrogens (tertiary/aromatic N) is 4. The fourth-order valence-corrected chi connectivity index (χ4v) is 2.64. The van der Waals surface area contributed by atoms with Gasteiger partial charge in [-0.1, -0.05) is 10.4 Å². The zero-order chi connectivity index (χ0) is 14.1. The van der Waals surface area contributed by atoms with E-state index in [0.717, 1.165) is 47.9 Å². The molecule has 0 amide bonds. The second-order valence-electron chi connectivity index (χ2n) is 5.09. The zero-order valence-electron chi connectivity index (χ0n) is 11.8. The van der Waals surface area contributed by atoms with E-state index in [-0.39, 0.29) is 6.10 Å². The first-order valence-corrected chi connectivity index (χ1v) is 6.86. The molecule has 108 valence electrons. The van der Waals surface area contributed by atoms with Crippen LogP contribution in [0, 0.1) is 13.8 Å². The maximum Gasteiger partial charge on any atom is 0.138 e. The van der Waals surface area contributed by atoms with Gasteiger partial charge in [0.1, 0.15) is 17.6 Å². The van der Waals surface area contributed by atoms with Crippen LogP contribution in [0.5, 0.6) is 0 Å². The lowest BCUT2D eigenvalue weighted by molar-refractivity contribution is 0.104. The number of aromatic nitrogens is 4. The Bertz CT molecular complexity index is 578. The van der Waals surface area contributed by atoms with Gasteiger partial charge in [-0.25, -0.2) is 4.68 Å². The molecule has 7 heteroatoms. The van der Waals surface area contributed by atoms with Gasteiger partial charge in [-0.15, -0.1) is 5.10 Å². The van der Waals surface area contributed by atoms with Crippen molar-refractivity contribution in [3.05, 3.63) is 28.4 Å². The van der Waals surface area contributed by atoms with Crippen molar-refractivity contribution in [2.75, 3.05) is 6.61 Å². The topological polar surface area (TPSA) is 92.0 Å². The molecule has 0 spiro atoms. The summed E-state index contributed by atoms with van der Waals surface area (Å²) in [6, 6.07) is 0. The number of hydrogen-bond donors (Lipinski definition) is 1. The van der Waals surface area contributed by atoms with Crippen molar-refractivity contribution in [2.45, 2.75) is 45.9 Å². The Labute approximate surface area is 117 Å². The van der Waals surface area contributed by atoms with Gasteiger partial charge in [-0.3, -0.25) is 0 Å². The van der Waals surface area contributed by atoms with Gasteiger partial charge < -0.3 is 15.0 Å². The molecule has 0 saturated carbocycles. The van der Waals surface area contributed by atoms with Crippen LogP contribution in [0.3, 0.4) is 0 Å². The SMILES string of the molecule is Cc1noc(C)c1Cn1nnc(CN)c1C1CCCO1. The zero-order valence-corrected chi connectivity index (χ0v) is 11.8. The Hall–Kier alpha value is -1.73. The molecule has 0 radical (unpaired) electrons. The lowest BCUT2D eigenvalue weighted by atomic mass is 10.1. The third-order valence-electron chi connectivity index (χ3n) is 3.76. The average Bonchev–Trinajstić information content (AvgIpc) is 3.14. The maximum atomic E-state index is 5.76. The quantitative estimate of drug-likeness (QED) is 0.904. The van der Waals surface area contributed by atoms with Crippen LogP contribution in [-0.2, 0) is 17.8 Å². The predicted molar refractivity (Wildman–Crippen MR) is 70.9 cm³/mol. The second-order valence-corrected chi connectivity index (χ2v) is 5.09. The predicted octanol–water partition coefficient (Wildman–Crippen LogP) is 1.24. The number of rotatable bonds is 4. The molecule has 1 atom stereocenters. The fraction of sp³-hybridized carbons (Fsp3) is 0.615. The Morgan fingerprint density at radius 3 is 2.85 bits per heavy atom. The molecule has 7 nitrogen and oxygen atoms in total. The molecule has 2 aromatic heterocycles. The van der Waals surface area contributed by atoms with Gasteiger partial charge in [0.15, 0.2) is 0 Å². The molecule has 1 unspecified atom stereocenters. The molecule has 3 rings (SSSR count). The van der Waals surface area contributed by atoms with Crippen LogP contribution in [-0.4, -0.2) is 26.8 Å². The van der Waals surface area contributed by atoms with Crippen LogP contribution in [0.4, 0.5) is 0 Å². The first kappa shape index (κ1) is 13.3. The van der Waals surface area contributed by atoms with E-state index < -0.39 is 0 Å². The first-order valence-electron chi connectivity index (χ1n) is 6.86. The van der Waals surface area contributed by atoms with E-state index in [9.17, 15) is 0 Å². The summed E-state index contributed by atoms with van der Waals surface area (Å²) in [7, 11) is 0. The van der Waals surface area contributed by atoms with Crippen LogP contribution in [0.1, 0.15) is 47.4 Å². The molecule has 0 aromatic carbocycles. The molecule has 2 aromatic rings. The van der Waals surface area contributed by atoms with Gasteiger partial charge >= 0.3 is 0 Å². The summed E-state index contributed by atoms with van der Waals surface area (Å²) in [5.74, 6) is 0.811.